The van der Waals surface area contributed by atoms with Gasteiger partial charge in [0.05, 0.1) is 4.90 Å². The molecule has 2 aromatic carbocycles. The van der Waals surface area contributed by atoms with E-state index in [-0.39, 0.29) is 4.90 Å². The molecule has 26 heavy (non-hydrogen) atoms. The van der Waals surface area contributed by atoms with Crippen LogP contribution in [0.3, 0.4) is 0 Å². The first-order chi connectivity index (χ1) is 12.5. The minimum absolute atomic E-state index is 0.285. The predicted molar refractivity (Wildman–Crippen MR) is 106 cm³/mol. The molecule has 5 nitrogen and oxygen atoms in total. The lowest BCUT2D eigenvalue weighted by molar-refractivity contribution is 0.588. The van der Waals surface area contributed by atoms with E-state index in [0.29, 0.717) is 0 Å². The summed E-state index contributed by atoms with van der Waals surface area (Å²) in [5.41, 5.74) is 5.21. The fourth-order valence-electron chi connectivity index (χ4n) is 3.64. The molecular formula is C20H23N3O2S. The third-order valence-corrected chi connectivity index (χ3v) is 6.47. The zero-order valence-corrected chi connectivity index (χ0v) is 15.9. The Hall–Kier alpha value is -2.31. The molecule has 3 aromatic rings. The number of nitrogens with zero attached hydrogens (tertiary/aromatic N) is 1. The molecule has 6 heteroatoms. The van der Waals surface area contributed by atoms with Crippen molar-refractivity contribution in [2.45, 2.75) is 24.7 Å². The zero-order valence-electron chi connectivity index (χ0n) is 15.0. The summed E-state index contributed by atoms with van der Waals surface area (Å²) in [6.07, 6.45) is 2.34. The summed E-state index contributed by atoms with van der Waals surface area (Å²) in [6.45, 7) is 4.07. The zero-order chi connectivity index (χ0) is 18.3. The van der Waals surface area contributed by atoms with E-state index in [1.807, 2.05) is 6.07 Å². The molecule has 2 N–H and O–H groups in total. The van der Waals surface area contributed by atoms with Crippen molar-refractivity contribution < 1.29 is 8.42 Å². The monoisotopic (exact) mass is 369 g/mol. The normalized spacial score (nSPS) is 15.1. The highest BCUT2D eigenvalue weighted by Crippen LogP contribution is 2.36. The summed E-state index contributed by atoms with van der Waals surface area (Å²) in [7, 11) is -2.05. The molecule has 0 unspecified atom stereocenters. The topological polar surface area (TPSA) is 65.2 Å². The predicted octanol–water partition coefficient (Wildman–Crippen LogP) is 3.65. The number of benzene rings is 2. The summed E-state index contributed by atoms with van der Waals surface area (Å²) in [6, 6.07) is 13.8. The van der Waals surface area contributed by atoms with E-state index in [2.05, 4.69) is 45.8 Å². The second-order valence-electron chi connectivity index (χ2n) is 6.85. The molecule has 0 bridgehead atoms. The number of sulfonamides is 1. The van der Waals surface area contributed by atoms with Crippen LogP contribution in [-0.4, -0.2) is 33.5 Å². The summed E-state index contributed by atoms with van der Waals surface area (Å²) < 4.78 is 27.0. The molecule has 4 rings (SSSR count). The van der Waals surface area contributed by atoms with Gasteiger partial charge in [0.2, 0.25) is 10.0 Å². The van der Waals surface area contributed by atoms with Gasteiger partial charge in [-0.25, -0.2) is 13.1 Å². The van der Waals surface area contributed by atoms with Gasteiger partial charge in [0, 0.05) is 40.9 Å². The first kappa shape index (κ1) is 17.1. The molecule has 136 valence electrons. The Morgan fingerprint density at radius 1 is 1.04 bits per heavy atom. The number of rotatable bonds is 4. The lowest BCUT2D eigenvalue weighted by atomic mass is 10.1. The highest BCUT2D eigenvalue weighted by Gasteiger charge is 2.21. The number of aryl methyl sites for hydroxylation is 1. The molecule has 1 aliphatic rings. The molecule has 0 amide bonds. The second kappa shape index (κ2) is 6.45. The minimum Gasteiger partial charge on any atom is -0.371 e. The van der Waals surface area contributed by atoms with Crippen molar-refractivity contribution in [3.8, 4) is 11.3 Å². The standard InChI is InChI=1S/C20H23N3O2S/c1-14-5-6-15-12-19(22-18(15)11-14)17-13-16(26(24,25)21-2)7-8-20(17)23-9-3-4-10-23/h5-8,11-13,21-22H,3-4,9-10H2,1-2H3. The van der Waals surface area contributed by atoms with Crippen molar-refractivity contribution >= 4 is 26.6 Å². The summed E-state index contributed by atoms with van der Waals surface area (Å²) in [5, 5.41) is 1.12. The van der Waals surface area contributed by atoms with Crippen molar-refractivity contribution in [1.82, 2.24) is 9.71 Å². The Labute approximate surface area is 154 Å². The summed E-state index contributed by atoms with van der Waals surface area (Å²) in [4.78, 5) is 6.09. The SMILES string of the molecule is CNS(=O)(=O)c1ccc(N2CCCC2)c(-c2cc3ccc(C)cc3[nH]2)c1. The van der Waals surface area contributed by atoms with Crippen LogP contribution in [0, 0.1) is 6.92 Å². The number of fused-ring (bicyclic) bond motifs is 1. The summed E-state index contributed by atoms with van der Waals surface area (Å²) >= 11 is 0. The van der Waals surface area contributed by atoms with Crippen LogP contribution in [0.2, 0.25) is 0 Å². The van der Waals surface area contributed by atoms with E-state index in [0.717, 1.165) is 40.9 Å². The van der Waals surface area contributed by atoms with Crippen LogP contribution in [-0.2, 0) is 10.0 Å². The van der Waals surface area contributed by atoms with E-state index in [9.17, 15) is 8.42 Å². The molecule has 1 saturated heterocycles. The van der Waals surface area contributed by atoms with Crippen LogP contribution in [0.15, 0.2) is 47.4 Å². The van der Waals surface area contributed by atoms with Crippen LogP contribution < -0.4 is 9.62 Å². The van der Waals surface area contributed by atoms with Gasteiger partial charge < -0.3 is 9.88 Å². The van der Waals surface area contributed by atoms with Crippen molar-refractivity contribution in [1.29, 1.82) is 0 Å². The van der Waals surface area contributed by atoms with Gasteiger partial charge in [-0.2, -0.15) is 0 Å². The fourth-order valence-corrected chi connectivity index (χ4v) is 4.39. The van der Waals surface area contributed by atoms with Crippen molar-refractivity contribution in [2.24, 2.45) is 0 Å². The summed E-state index contributed by atoms with van der Waals surface area (Å²) in [5.74, 6) is 0. The van der Waals surface area contributed by atoms with Crippen molar-refractivity contribution in [3.05, 3.63) is 48.0 Å². The van der Waals surface area contributed by atoms with Crippen LogP contribution in [0.5, 0.6) is 0 Å². The average molecular weight is 369 g/mol. The van der Waals surface area contributed by atoms with Gasteiger partial charge in [0.1, 0.15) is 0 Å². The van der Waals surface area contributed by atoms with Gasteiger partial charge in [0.15, 0.2) is 0 Å². The van der Waals surface area contributed by atoms with Gasteiger partial charge in [-0.05, 0) is 62.7 Å². The van der Waals surface area contributed by atoms with E-state index >= 15 is 0 Å². The maximum absolute atomic E-state index is 12.3. The molecule has 0 saturated carbocycles. The van der Waals surface area contributed by atoms with Gasteiger partial charge >= 0.3 is 0 Å². The third-order valence-electron chi connectivity index (χ3n) is 5.06. The number of hydrogen-bond acceptors (Lipinski definition) is 3. The number of hydrogen-bond donors (Lipinski definition) is 2. The smallest absolute Gasteiger partial charge is 0.240 e. The minimum atomic E-state index is -3.49. The number of aromatic amines is 1. The third kappa shape index (κ3) is 2.99. The number of H-pyrrole nitrogens is 1. The molecule has 0 atom stereocenters. The van der Waals surface area contributed by atoms with Crippen molar-refractivity contribution in [3.63, 3.8) is 0 Å². The van der Waals surface area contributed by atoms with Gasteiger partial charge in [-0.1, -0.05) is 12.1 Å². The molecule has 1 aliphatic heterocycles. The quantitative estimate of drug-likeness (QED) is 0.738. The van der Waals surface area contributed by atoms with Crippen LogP contribution in [0.4, 0.5) is 5.69 Å². The fraction of sp³-hybridized carbons (Fsp3) is 0.300. The largest absolute Gasteiger partial charge is 0.371 e. The maximum atomic E-state index is 12.3. The van der Waals surface area contributed by atoms with E-state index < -0.39 is 10.0 Å². The Bertz CT molecular complexity index is 1060. The van der Waals surface area contributed by atoms with E-state index in [1.165, 1.54) is 25.5 Å². The first-order valence-electron chi connectivity index (χ1n) is 8.90. The lowest BCUT2D eigenvalue weighted by Crippen LogP contribution is -2.21. The molecular weight excluding hydrogens is 346 g/mol. The van der Waals surface area contributed by atoms with Crippen molar-refractivity contribution in [2.75, 3.05) is 25.0 Å². The highest BCUT2D eigenvalue weighted by molar-refractivity contribution is 7.89. The molecule has 1 aromatic heterocycles. The Balaban J connectivity index is 1.91. The number of aromatic nitrogens is 1. The van der Waals surface area contributed by atoms with Crippen LogP contribution >= 0.6 is 0 Å². The number of nitrogens with one attached hydrogen (secondary N) is 2. The molecule has 1 fully saturated rings. The van der Waals surface area contributed by atoms with Gasteiger partial charge in [-0.3, -0.25) is 0 Å². The Morgan fingerprint density at radius 2 is 1.81 bits per heavy atom. The molecule has 0 radical (unpaired) electrons. The molecule has 0 spiro atoms. The average Bonchev–Trinajstić information content (AvgIpc) is 3.30. The first-order valence-corrected chi connectivity index (χ1v) is 10.4. The van der Waals surface area contributed by atoms with Gasteiger partial charge in [-0.15, -0.1) is 0 Å². The highest BCUT2D eigenvalue weighted by atomic mass is 32.2. The van der Waals surface area contributed by atoms with Crippen LogP contribution in [0.1, 0.15) is 18.4 Å². The van der Waals surface area contributed by atoms with Gasteiger partial charge in [0.25, 0.3) is 0 Å². The van der Waals surface area contributed by atoms with Crippen LogP contribution in [0.25, 0.3) is 22.2 Å². The Kier molecular flexibility index (Phi) is 4.25. The maximum Gasteiger partial charge on any atom is 0.240 e. The number of anilines is 1. The molecule has 2 heterocycles. The van der Waals surface area contributed by atoms with E-state index in [1.54, 1.807) is 12.1 Å². The lowest BCUT2D eigenvalue weighted by Gasteiger charge is -2.21. The second-order valence-corrected chi connectivity index (χ2v) is 8.74. The molecule has 0 aliphatic carbocycles. The Morgan fingerprint density at radius 3 is 2.54 bits per heavy atom. The van der Waals surface area contributed by atoms with E-state index in [4.69, 9.17) is 0 Å².